The molecule has 4 rings (SSSR count). The number of benzene rings is 1. The molecule has 1 saturated heterocycles. The molecule has 1 atom stereocenters. The van der Waals surface area contributed by atoms with E-state index in [1.54, 1.807) is 0 Å². The molecule has 5 heteroatoms. The average molecular weight is 307 g/mol. The van der Waals surface area contributed by atoms with Crippen LogP contribution in [0, 0.1) is 13.8 Å². The minimum atomic E-state index is 0.338. The smallest absolute Gasteiger partial charge is 0.157 e. The molecular weight excluding hydrogens is 286 g/mol. The van der Waals surface area contributed by atoms with E-state index in [4.69, 9.17) is 0 Å². The Hall–Kier alpha value is -2.40. The Labute approximate surface area is 136 Å². The lowest BCUT2D eigenvalue weighted by Gasteiger charge is -2.35. The first-order valence-electron chi connectivity index (χ1n) is 8.08. The van der Waals surface area contributed by atoms with Crippen molar-refractivity contribution in [3.05, 3.63) is 59.4 Å². The van der Waals surface area contributed by atoms with Gasteiger partial charge in [0, 0.05) is 43.5 Å². The van der Waals surface area contributed by atoms with E-state index < -0.39 is 0 Å². The molecule has 0 radical (unpaired) electrons. The molecule has 1 aliphatic rings. The molecule has 1 N–H and O–H groups in total. The van der Waals surface area contributed by atoms with Gasteiger partial charge < -0.3 is 10.2 Å². The fraction of sp³-hybridized carbons (Fsp3) is 0.333. The molecule has 118 valence electrons. The molecule has 0 amide bonds. The Morgan fingerprint density at radius 2 is 1.91 bits per heavy atom. The van der Waals surface area contributed by atoms with Crippen LogP contribution in [0.4, 0.5) is 5.82 Å². The van der Waals surface area contributed by atoms with Crippen LogP contribution < -0.4 is 10.2 Å². The van der Waals surface area contributed by atoms with Crippen LogP contribution in [0.2, 0.25) is 0 Å². The van der Waals surface area contributed by atoms with Crippen LogP contribution in [-0.2, 0) is 0 Å². The van der Waals surface area contributed by atoms with E-state index >= 15 is 0 Å². The van der Waals surface area contributed by atoms with Gasteiger partial charge in [-0.05, 0) is 19.4 Å². The Morgan fingerprint density at radius 1 is 1.09 bits per heavy atom. The molecule has 5 nitrogen and oxygen atoms in total. The van der Waals surface area contributed by atoms with Gasteiger partial charge >= 0.3 is 0 Å². The van der Waals surface area contributed by atoms with Crippen LogP contribution >= 0.6 is 0 Å². The summed E-state index contributed by atoms with van der Waals surface area (Å²) in [4.78, 5) is 6.99. The molecule has 0 unspecified atom stereocenters. The van der Waals surface area contributed by atoms with Crippen LogP contribution in [-0.4, -0.2) is 34.2 Å². The molecule has 0 aliphatic carbocycles. The van der Waals surface area contributed by atoms with E-state index in [9.17, 15) is 0 Å². The molecular formula is C18H21N5. The third-order valence-electron chi connectivity index (χ3n) is 4.36. The summed E-state index contributed by atoms with van der Waals surface area (Å²) in [7, 11) is 0. The van der Waals surface area contributed by atoms with Crippen molar-refractivity contribution >= 4 is 11.5 Å². The highest BCUT2D eigenvalue weighted by Gasteiger charge is 2.23. The molecule has 2 aromatic heterocycles. The highest BCUT2D eigenvalue weighted by atomic mass is 15.4. The lowest BCUT2D eigenvalue weighted by atomic mass is 10.0. The van der Waals surface area contributed by atoms with Crippen molar-refractivity contribution in [2.45, 2.75) is 19.9 Å². The molecule has 0 spiro atoms. The van der Waals surface area contributed by atoms with Crippen molar-refractivity contribution in [2.24, 2.45) is 0 Å². The summed E-state index contributed by atoms with van der Waals surface area (Å²) >= 11 is 0. The summed E-state index contributed by atoms with van der Waals surface area (Å²) < 4.78 is 1.97. The predicted molar refractivity (Wildman–Crippen MR) is 91.9 cm³/mol. The van der Waals surface area contributed by atoms with Gasteiger partial charge in [0.15, 0.2) is 5.65 Å². The summed E-state index contributed by atoms with van der Waals surface area (Å²) in [5, 5.41) is 8.24. The SMILES string of the molecule is Cc1cc(N2CCN[C@@H](c3ccccc3)C2)n2nc(C)cc2n1. The van der Waals surface area contributed by atoms with Gasteiger partial charge in [-0.1, -0.05) is 30.3 Å². The zero-order valence-corrected chi connectivity index (χ0v) is 13.5. The second-order valence-electron chi connectivity index (χ2n) is 6.17. The maximum absolute atomic E-state index is 4.62. The molecule has 23 heavy (non-hydrogen) atoms. The number of nitrogens with zero attached hydrogens (tertiary/aromatic N) is 4. The topological polar surface area (TPSA) is 45.5 Å². The van der Waals surface area contributed by atoms with E-state index in [1.165, 1.54) is 5.56 Å². The molecule has 1 fully saturated rings. The molecule has 1 aromatic carbocycles. The molecule has 3 aromatic rings. The van der Waals surface area contributed by atoms with Gasteiger partial charge in [0.05, 0.1) is 5.69 Å². The molecule has 1 aliphatic heterocycles. The highest BCUT2D eigenvalue weighted by Crippen LogP contribution is 2.24. The first kappa shape index (κ1) is 14.2. The van der Waals surface area contributed by atoms with Crippen LogP contribution in [0.15, 0.2) is 42.5 Å². The van der Waals surface area contributed by atoms with Crippen molar-refractivity contribution in [3.63, 3.8) is 0 Å². The minimum absolute atomic E-state index is 0.338. The normalized spacial score (nSPS) is 18.5. The van der Waals surface area contributed by atoms with Crippen molar-refractivity contribution in [1.82, 2.24) is 19.9 Å². The zero-order valence-electron chi connectivity index (χ0n) is 13.5. The van der Waals surface area contributed by atoms with Gasteiger partial charge in [-0.3, -0.25) is 0 Å². The second-order valence-corrected chi connectivity index (χ2v) is 6.17. The van der Waals surface area contributed by atoms with E-state index in [1.807, 2.05) is 24.4 Å². The van der Waals surface area contributed by atoms with E-state index in [2.05, 4.69) is 56.7 Å². The van der Waals surface area contributed by atoms with Crippen LogP contribution in [0.5, 0.6) is 0 Å². The lowest BCUT2D eigenvalue weighted by molar-refractivity contribution is 0.467. The number of hydrogen-bond acceptors (Lipinski definition) is 4. The van der Waals surface area contributed by atoms with Crippen molar-refractivity contribution in [3.8, 4) is 0 Å². The molecule has 0 bridgehead atoms. The summed E-state index contributed by atoms with van der Waals surface area (Å²) in [5.74, 6) is 1.13. The number of aromatic nitrogens is 3. The fourth-order valence-electron chi connectivity index (χ4n) is 3.29. The predicted octanol–water partition coefficient (Wildman–Crippen LogP) is 2.50. The summed E-state index contributed by atoms with van der Waals surface area (Å²) in [6, 6.07) is 15.1. The summed E-state index contributed by atoms with van der Waals surface area (Å²) in [5.41, 5.74) is 4.28. The Balaban J connectivity index is 1.70. The Morgan fingerprint density at radius 3 is 2.74 bits per heavy atom. The number of rotatable bonds is 2. The monoisotopic (exact) mass is 307 g/mol. The van der Waals surface area contributed by atoms with Crippen LogP contribution in [0.25, 0.3) is 5.65 Å². The highest BCUT2D eigenvalue weighted by molar-refractivity contribution is 5.52. The number of aryl methyl sites for hydroxylation is 2. The first-order valence-corrected chi connectivity index (χ1v) is 8.08. The van der Waals surface area contributed by atoms with Gasteiger partial charge in [-0.15, -0.1) is 0 Å². The average Bonchev–Trinajstić information content (AvgIpc) is 2.95. The quantitative estimate of drug-likeness (QED) is 0.790. The maximum Gasteiger partial charge on any atom is 0.157 e. The molecule has 0 saturated carbocycles. The van der Waals surface area contributed by atoms with Gasteiger partial charge in [0.25, 0.3) is 0 Å². The second kappa shape index (κ2) is 5.66. The van der Waals surface area contributed by atoms with Gasteiger partial charge in [-0.25, -0.2) is 4.98 Å². The minimum Gasteiger partial charge on any atom is -0.353 e. The van der Waals surface area contributed by atoms with Crippen LogP contribution in [0.1, 0.15) is 23.0 Å². The number of fused-ring (bicyclic) bond motifs is 1. The number of anilines is 1. The van der Waals surface area contributed by atoms with Crippen LogP contribution in [0.3, 0.4) is 0 Å². The van der Waals surface area contributed by atoms with Gasteiger partial charge in [-0.2, -0.15) is 9.61 Å². The zero-order chi connectivity index (χ0) is 15.8. The largest absolute Gasteiger partial charge is 0.353 e. The number of hydrogen-bond donors (Lipinski definition) is 1. The number of piperazine rings is 1. The lowest BCUT2D eigenvalue weighted by Crippen LogP contribution is -2.46. The van der Waals surface area contributed by atoms with E-state index in [0.717, 1.165) is 42.5 Å². The van der Waals surface area contributed by atoms with Crippen molar-refractivity contribution < 1.29 is 0 Å². The third-order valence-corrected chi connectivity index (χ3v) is 4.36. The standard InChI is InChI=1S/C18H21N5/c1-13-11-18(23-17(20-13)10-14(2)21-23)22-9-8-19-16(12-22)15-6-4-3-5-7-15/h3-7,10-11,16,19H,8-9,12H2,1-2H3/t16-/m1/s1. The fourth-order valence-corrected chi connectivity index (χ4v) is 3.29. The Kier molecular flexibility index (Phi) is 3.50. The van der Waals surface area contributed by atoms with E-state index in [0.29, 0.717) is 6.04 Å². The summed E-state index contributed by atoms with van der Waals surface area (Å²) in [6.45, 7) is 6.92. The Bertz CT molecular complexity index is 824. The third kappa shape index (κ3) is 2.68. The maximum atomic E-state index is 4.62. The van der Waals surface area contributed by atoms with Gasteiger partial charge in [0.2, 0.25) is 0 Å². The van der Waals surface area contributed by atoms with Crippen molar-refractivity contribution in [2.75, 3.05) is 24.5 Å². The van der Waals surface area contributed by atoms with Gasteiger partial charge in [0.1, 0.15) is 5.82 Å². The van der Waals surface area contributed by atoms with E-state index in [-0.39, 0.29) is 0 Å². The molecule has 3 heterocycles. The number of nitrogens with one attached hydrogen (secondary N) is 1. The summed E-state index contributed by atoms with van der Waals surface area (Å²) in [6.07, 6.45) is 0. The van der Waals surface area contributed by atoms with Crippen molar-refractivity contribution in [1.29, 1.82) is 0 Å². The first-order chi connectivity index (χ1) is 11.2.